The molecule has 1 amide bonds. The third kappa shape index (κ3) is 5.40. The molecule has 3 aromatic carbocycles. The van der Waals surface area contributed by atoms with Gasteiger partial charge in [-0.15, -0.1) is 0 Å². The molecule has 3 aromatic rings. The fraction of sp³-hybridized carbons (Fsp3) is 0.240. The van der Waals surface area contributed by atoms with E-state index in [-0.39, 0.29) is 17.3 Å². The van der Waals surface area contributed by atoms with E-state index < -0.39 is 10.0 Å². The van der Waals surface area contributed by atoms with Crippen molar-refractivity contribution >= 4 is 21.6 Å². The molecular weight excluding hydrogens is 408 g/mol. The molecular formula is C25H28N2O3S. The number of carbonyl (C=O) groups is 1. The molecule has 0 atom stereocenters. The Hall–Kier alpha value is -2.96. The van der Waals surface area contributed by atoms with Gasteiger partial charge in [-0.25, -0.2) is 8.42 Å². The van der Waals surface area contributed by atoms with Crippen molar-refractivity contribution < 1.29 is 13.2 Å². The molecule has 3 rings (SSSR count). The molecule has 0 saturated heterocycles. The van der Waals surface area contributed by atoms with Crippen LogP contribution >= 0.6 is 0 Å². The number of anilines is 1. The summed E-state index contributed by atoms with van der Waals surface area (Å²) in [6, 6.07) is 19.7. The minimum Gasteiger partial charge on any atom is -0.322 e. The zero-order chi connectivity index (χ0) is 22.6. The number of hydrogen-bond donors (Lipinski definition) is 1. The van der Waals surface area contributed by atoms with Gasteiger partial charge in [0.1, 0.15) is 0 Å². The number of hydrogen-bond acceptors (Lipinski definition) is 3. The van der Waals surface area contributed by atoms with Gasteiger partial charge in [-0.1, -0.05) is 42.8 Å². The smallest absolute Gasteiger partial charge is 0.255 e. The summed E-state index contributed by atoms with van der Waals surface area (Å²) in [5.74, 6) is -0.200. The molecule has 0 heterocycles. The van der Waals surface area contributed by atoms with Crippen LogP contribution in [0.15, 0.2) is 71.6 Å². The first kappa shape index (κ1) is 22.7. The minimum atomic E-state index is -3.59. The lowest BCUT2D eigenvalue weighted by molar-refractivity contribution is 0.102. The molecule has 0 aliphatic carbocycles. The van der Waals surface area contributed by atoms with Crippen molar-refractivity contribution in [2.75, 3.05) is 11.9 Å². The van der Waals surface area contributed by atoms with Crippen molar-refractivity contribution in [2.24, 2.45) is 0 Å². The molecule has 0 aliphatic heterocycles. The average Bonchev–Trinajstić information content (AvgIpc) is 2.75. The molecule has 0 bridgehead atoms. The first-order chi connectivity index (χ1) is 14.7. The van der Waals surface area contributed by atoms with E-state index in [2.05, 4.69) is 5.32 Å². The van der Waals surface area contributed by atoms with Crippen molar-refractivity contribution in [2.45, 2.75) is 39.1 Å². The van der Waals surface area contributed by atoms with Gasteiger partial charge in [0.25, 0.3) is 5.91 Å². The predicted molar refractivity (Wildman–Crippen MR) is 125 cm³/mol. The van der Waals surface area contributed by atoms with Crippen LogP contribution in [0.5, 0.6) is 0 Å². The Labute approximate surface area is 184 Å². The van der Waals surface area contributed by atoms with Gasteiger partial charge in [0.05, 0.1) is 4.90 Å². The van der Waals surface area contributed by atoms with E-state index >= 15 is 0 Å². The van der Waals surface area contributed by atoms with Crippen LogP contribution in [0.4, 0.5) is 5.69 Å². The quantitative estimate of drug-likeness (QED) is 0.562. The zero-order valence-corrected chi connectivity index (χ0v) is 19.2. The average molecular weight is 437 g/mol. The van der Waals surface area contributed by atoms with Crippen LogP contribution in [0.25, 0.3) is 0 Å². The van der Waals surface area contributed by atoms with Crippen LogP contribution in [-0.2, 0) is 16.6 Å². The Kier molecular flexibility index (Phi) is 6.93. The summed E-state index contributed by atoms with van der Waals surface area (Å²) in [4.78, 5) is 12.8. The van der Waals surface area contributed by atoms with Crippen LogP contribution in [0, 0.1) is 20.8 Å². The van der Waals surface area contributed by atoms with Gasteiger partial charge in [0.2, 0.25) is 10.0 Å². The van der Waals surface area contributed by atoms with Gasteiger partial charge in [-0.2, -0.15) is 4.31 Å². The van der Waals surface area contributed by atoms with Gasteiger partial charge in [0, 0.05) is 24.3 Å². The van der Waals surface area contributed by atoms with Crippen molar-refractivity contribution in [1.82, 2.24) is 4.31 Å². The summed E-state index contributed by atoms with van der Waals surface area (Å²) < 4.78 is 27.4. The highest BCUT2D eigenvalue weighted by atomic mass is 32.2. The van der Waals surface area contributed by atoms with E-state index in [4.69, 9.17) is 0 Å². The Bertz CT molecular complexity index is 1170. The third-order valence-electron chi connectivity index (χ3n) is 5.35. The number of carbonyl (C=O) groups excluding carboxylic acids is 1. The number of amides is 1. The van der Waals surface area contributed by atoms with Crippen LogP contribution < -0.4 is 5.32 Å². The van der Waals surface area contributed by atoms with Crippen molar-refractivity contribution in [3.8, 4) is 0 Å². The molecule has 6 heteroatoms. The van der Waals surface area contributed by atoms with Crippen LogP contribution in [0.1, 0.15) is 39.5 Å². The molecule has 0 aliphatic rings. The van der Waals surface area contributed by atoms with Crippen LogP contribution in [-0.4, -0.2) is 25.2 Å². The molecule has 0 aromatic heterocycles. The largest absolute Gasteiger partial charge is 0.322 e. The predicted octanol–water partition coefficient (Wildman–Crippen LogP) is 5.07. The van der Waals surface area contributed by atoms with E-state index in [1.54, 1.807) is 48.5 Å². The second-order valence-electron chi connectivity index (χ2n) is 7.69. The summed E-state index contributed by atoms with van der Waals surface area (Å²) in [5, 5.41) is 2.90. The van der Waals surface area contributed by atoms with Gasteiger partial charge in [-0.05, 0) is 73.9 Å². The monoisotopic (exact) mass is 436 g/mol. The molecule has 0 unspecified atom stereocenters. The van der Waals surface area contributed by atoms with Gasteiger partial charge < -0.3 is 5.32 Å². The van der Waals surface area contributed by atoms with Crippen molar-refractivity contribution in [3.05, 3.63) is 94.5 Å². The maximum atomic E-state index is 13.0. The number of aryl methyl sites for hydroxylation is 3. The van der Waals surface area contributed by atoms with Gasteiger partial charge in [-0.3, -0.25) is 4.79 Å². The Morgan fingerprint density at radius 3 is 2.10 bits per heavy atom. The molecule has 0 radical (unpaired) electrons. The fourth-order valence-corrected chi connectivity index (χ4v) is 4.65. The van der Waals surface area contributed by atoms with E-state index in [1.165, 1.54) is 9.87 Å². The second-order valence-corrected chi connectivity index (χ2v) is 9.63. The molecule has 5 nitrogen and oxygen atoms in total. The third-order valence-corrected chi connectivity index (χ3v) is 7.29. The highest BCUT2D eigenvalue weighted by Crippen LogP contribution is 2.20. The molecule has 0 spiro atoms. The lowest BCUT2D eigenvalue weighted by atomic mass is 10.1. The Balaban J connectivity index is 1.71. The zero-order valence-electron chi connectivity index (χ0n) is 18.3. The molecule has 0 saturated carbocycles. The first-order valence-electron chi connectivity index (χ1n) is 10.2. The molecule has 0 fully saturated rings. The maximum absolute atomic E-state index is 13.0. The number of benzene rings is 3. The van der Waals surface area contributed by atoms with E-state index in [9.17, 15) is 13.2 Å². The maximum Gasteiger partial charge on any atom is 0.255 e. The highest BCUT2D eigenvalue weighted by Gasteiger charge is 2.23. The van der Waals surface area contributed by atoms with Gasteiger partial charge in [0.15, 0.2) is 0 Å². The number of nitrogens with zero attached hydrogens (tertiary/aromatic N) is 1. The highest BCUT2D eigenvalue weighted by molar-refractivity contribution is 7.89. The van der Waals surface area contributed by atoms with E-state index in [0.29, 0.717) is 12.1 Å². The second kappa shape index (κ2) is 9.45. The van der Waals surface area contributed by atoms with E-state index in [0.717, 1.165) is 22.4 Å². The standard InChI is InChI=1S/C25H28N2O3S/c1-5-27(31(29,30)24-14-6-18(2)7-15-24)17-21-9-11-22(12-10-21)25(28)26-23-13-8-19(3)20(4)16-23/h6-16H,5,17H2,1-4H3,(H,26,28). The van der Waals surface area contributed by atoms with Crippen molar-refractivity contribution in [1.29, 1.82) is 0 Å². The Morgan fingerprint density at radius 1 is 0.871 bits per heavy atom. The summed E-state index contributed by atoms with van der Waals surface area (Å²) in [6.45, 7) is 8.36. The summed E-state index contributed by atoms with van der Waals surface area (Å²) in [6.07, 6.45) is 0. The number of nitrogens with one attached hydrogen (secondary N) is 1. The number of sulfonamides is 1. The summed E-state index contributed by atoms with van der Waals surface area (Å²) in [7, 11) is -3.59. The molecule has 1 N–H and O–H groups in total. The number of rotatable bonds is 7. The lowest BCUT2D eigenvalue weighted by Gasteiger charge is -2.21. The molecule has 31 heavy (non-hydrogen) atoms. The van der Waals surface area contributed by atoms with Gasteiger partial charge >= 0.3 is 0 Å². The van der Waals surface area contributed by atoms with E-state index in [1.807, 2.05) is 45.9 Å². The molecule has 162 valence electrons. The van der Waals surface area contributed by atoms with Crippen LogP contribution in [0.2, 0.25) is 0 Å². The van der Waals surface area contributed by atoms with Crippen molar-refractivity contribution in [3.63, 3.8) is 0 Å². The summed E-state index contributed by atoms with van der Waals surface area (Å²) >= 11 is 0. The fourth-order valence-electron chi connectivity index (χ4n) is 3.21. The normalized spacial score (nSPS) is 11.5. The first-order valence-corrected chi connectivity index (χ1v) is 11.7. The topological polar surface area (TPSA) is 66.5 Å². The minimum absolute atomic E-state index is 0.200. The SMILES string of the molecule is CCN(Cc1ccc(C(=O)Nc2ccc(C)c(C)c2)cc1)S(=O)(=O)c1ccc(C)cc1. The Morgan fingerprint density at radius 2 is 1.52 bits per heavy atom. The summed E-state index contributed by atoms with van der Waals surface area (Å²) in [5.41, 5.74) is 5.38. The lowest BCUT2D eigenvalue weighted by Crippen LogP contribution is -2.30. The van der Waals surface area contributed by atoms with Crippen LogP contribution in [0.3, 0.4) is 0 Å².